The SMILES string of the molecule is CCc1cc(C=CC(=O)c2sc(C(F)(F)F)c3c2CCC(C)(C)C3)cc(C)c1CCCO. The van der Waals surface area contributed by atoms with Crippen molar-refractivity contribution in [3.8, 4) is 0 Å². The zero-order valence-corrected chi connectivity index (χ0v) is 20.0. The summed E-state index contributed by atoms with van der Waals surface area (Å²) in [6.07, 6.45) is 2.62. The van der Waals surface area contributed by atoms with Gasteiger partial charge in [-0.2, -0.15) is 13.2 Å². The lowest BCUT2D eigenvalue weighted by atomic mass is 9.74. The molecule has 0 saturated heterocycles. The first kappa shape index (κ1) is 24.7. The van der Waals surface area contributed by atoms with Crippen molar-refractivity contribution in [3.05, 3.63) is 61.3 Å². The van der Waals surface area contributed by atoms with Crippen LogP contribution in [-0.4, -0.2) is 17.5 Å². The average molecular weight is 465 g/mol. The molecule has 0 unspecified atom stereocenters. The Kier molecular flexibility index (Phi) is 7.35. The predicted molar refractivity (Wildman–Crippen MR) is 124 cm³/mol. The highest BCUT2D eigenvalue weighted by molar-refractivity contribution is 7.14. The van der Waals surface area contributed by atoms with Gasteiger partial charge in [0.2, 0.25) is 0 Å². The lowest BCUT2D eigenvalue weighted by Crippen LogP contribution is -2.24. The Bertz CT molecular complexity index is 1030. The molecule has 0 spiro atoms. The molecule has 6 heteroatoms. The van der Waals surface area contributed by atoms with E-state index >= 15 is 0 Å². The van der Waals surface area contributed by atoms with Gasteiger partial charge in [0, 0.05) is 6.61 Å². The largest absolute Gasteiger partial charge is 0.425 e. The third-order valence-corrected chi connectivity index (χ3v) is 7.62. The number of fused-ring (bicyclic) bond motifs is 1. The van der Waals surface area contributed by atoms with Crippen LogP contribution in [0.5, 0.6) is 0 Å². The molecule has 0 saturated carbocycles. The summed E-state index contributed by atoms with van der Waals surface area (Å²) in [5.74, 6) is -0.360. The molecule has 1 aliphatic carbocycles. The minimum Gasteiger partial charge on any atom is -0.396 e. The molecule has 174 valence electrons. The van der Waals surface area contributed by atoms with Crippen molar-refractivity contribution in [1.82, 2.24) is 0 Å². The fourth-order valence-corrected chi connectivity index (χ4v) is 5.76. The molecule has 0 radical (unpaired) electrons. The molecule has 0 aliphatic heterocycles. The molecule has 1 aromatic heterocycles. The molecule has 1 aliphatic rings. The second-order valence-electron chi connectivity index (χ2n) is 9.41. The van der Waals surface area contributed by atoms with E-state index in [1.165, 1.54) is 17.2 Å². The van der Waals surface area contributed by atoms with Crippen molar-refractivity contribution in [3.63, 3.8) is 0 Å². The van der Waals surface area contributed by atoms with Crippen molar-refractivity contribution < 1.29 is 23.1 Å². The van der Waals surface area contributed by atoms with Crippen LogP contribution in [0, 0.1) is 12.3 Å². The zero-order valence-electron chi connectivity index (χ0n) is 19.2. The molecular weight excluding hydrogens is 433 g/mol. The van der Waals surface area contributed by atoms with Gasteiger partial charge in [-0.15, -0.1) is 11.3 Å². The molecule has 3 rings (SSSR count). The monoisotopic (exact) mass is 464 g/mol. The van der Waals surface area contributed by atoms with Gasteiger partial charge in [0.15, 0.2) is 5.78 Å². The van der Waals surface area contributed by atoms with Crippen molar-refractivity contribution in [1.29, 1.82) is 0 Å². The number of carbonyl (C=O) groups is 1. The van der Waals surface area contributed by atoms with Gasteiger partial charge >= 0.3 is 6.18 Å². The molecule has 0 amide bonds. The van der Waals surface area contributed by atoms with Gasteiger partial charge in [-0.25, -0.2) is 0 Å². The van der Waals surface area contributed by atoms with Crippen LogP contribution in [0.2, 0.25) is 0 Å². The second kappa shape index (κ2) is 9.52. The normalized spacial score (nSPS) is 15.9. The molecule has 0 fully saturated rings. The molecular formula is C26H31F3O2S. The Balaban J connectivity index is 1.93. The van der Waals surface area contributed by atoms with E-state index in [1.54, 1.807) is 6.08 Å². The average Bonchev–Trinajstić information content (AvgIpc) is 3.08. The van der Waals surface area contributed by atoms with Crippen LogP contribution in [0.3, 0.4) is 0 Å². The number of benzene rings is 1. The summed E-state index contributed by atoms with van der Waals surface area (Å²) in [5, 5.41) is 9.14. The number of aryl methyl sites for hydroxylation is 2. The Morgan fingerprint density at radius 2 is 1.97 bits per heavy atom. The minimum atomic E-state index is -4.44. The molecule has 0 bridgehead atoms. The van der Waals surface area contributed by atoms with Crippen LogP contribution in [0.4, 0.5) is 13.2 Å². The number of aliphatic hydroxyl groups is 1. The summed E-state index contributed by atoms with van der Waals surface area (Å²) >= 11 is 0.599. The quantitative estimate of drug-likeness (QED) is 0.355. The highest BCUT2D eigenvalue weighted by atomic mass is 32.1. The predicted octanol–water partition coefficient (Wildman–Crippen LogP) is 6.97. The summed E-state index contributed by atoms with van der Waals surface area (Å²) in [7, 11) is 0. The zero-order chi connectivity index (χ0) is 23.7. The van der Waals surface area contributed by atoms with E-state index in [1.807, 2.05) is 32.9 Å². The Morgan fingerprint density at radius 3 is 2.59 bits per heavy atom. The fraction of sp³-hybridized carbons (Fsp3) is 0.500. The third-order valence-electron chi connectivity index (χ3n) is 6.29. The first-order valence-corrected chi connectivity index (χ1v) is 12.0. The van der Waals surface area contributed by atoms with Crippen molar-refractivity contribution >= 4 is 23.2 Å². The van der Waals surface area contributed by atoms with E-state index in [2.05, 4.69) is 6.92 Å². The number of hydrogen-bond donors (Lipinski definition) is 1. The van der Waals surface area contributed by atoms with Crippen LogP contribution in [0.15, 0.2) is 18.2 Å². The van der Waals surface area contributed by atoms with E-state index in [9.17, 15) is 18.0 Å². The Hall–Kier alpha value is -1.92. The maximum atomic E-state index is 13.7. The van der Waals surface area contributed by atoms with Crippen molar-refractivity contribution in [2.45, 2.75) is 72.4 Å². The number of thiophene rings is 1. The van der Waals surface area contributed by atoms with Gasteiger partial charge in [-0.3, -0.25) is 4.79 Å². The standard InChI is InChI=1S/C26H31F3O2S/c1-5-18-14-17(13-16(2)19(18)7-6-12-30)8-9-22(31)23-20-10-11-25(3,4)15-21(20)24(32-23)26(27,28)29/h8-9,13-14,30H,5-7,10-12,15H2,1-4H3. The highest BCUT2D eigenvalue weighted by Gasteiger charge is 2.42. The molecule has 0 atom stereocenters. The maximum Gasteiger partial charge on any atom is 0.425 e. The molecule has 1 N–H and O–H groups in total. The number of carbonyl (C=O) groups excluding carboxylic acids is 1. The van der Waals surface area contributed by atoms with Crippen LogP contribution in [-0.2, 0) is 31.9 Å². The fourth-order valence-electron chi connectivity index (χ4n) is 4.60. The number of alkyl halides is 3. The molecule has 32 heavy (non-hydrogen) atoms. The van der Waals surface area contributed by atoms with Gasteiger partial charge in [0.05, 0.1) is 4.88 Å². The van der Waals surface area contributed by atoms with Gasteiger partial charge < -0.3 is 5.11 Å². The maximum absolute atomic E-state index is 13.7. The first-order valence-electron chi connectivity index (χ1n) is 11.1. The number of halogens is 3. The van der Waals surface area contributed by atoms with Gasteiger partial charge in [0.25, 0.3) is 0 Å². The smallest absolute Gasteiger partial charge is 0.396 e. The lowest BCUT2D eigenvalue weighted by molar-refractivity contribution is -0.135. The summed E-state index contributed by atoms with van der Waals surface area (Å²) in [6, 6.07) is 4.01. The number of allylic oxidation sites excluding steroid dienone is 1. The summed E-state index contributed by atoms with van der Waals surface area (Å²) in [5.41, 5.74) is 5.04. The molecule has 1 heterocycles. The van der Waals surface area contributed by atoms with Gasteiger partial charge in [-0.1, -0.05) is 39.0 Å². The first-order chi connectivity index (χ1) is 15.0. The van der Waals surface area contributed by atoms with Crippen molar-refractivity contribution in [2.24, 2.45) is 5.41 Å². The summed E-state index contributed by atoms with van der Waals surface area (Å²) in [4.78, 5) is 12.6. The van der Waals surface area contributed by atoms with E-state index in [0.29, 0.717) is 41.7 Å². The lowest BCUT2D eigenvalue weighted by Gasteiger charge is -2.30. The number of rotatable bonds is 7. The topological polar surface area (TPSA) is 37.3 Å². The van der Waals surface area contributed by atoms with Crippen LogP contribution >= 0.6 is 11.3 Å². The molecule has 2 nitrogen and oxygen atoms in total. The van der Waals surface area contributed by atoms with E-state index < -0.39 is 11.1 Å². The summed E-state index contributed by atoms with van der Waals surface area (Å²) in [6.45, 7) is 8.17. The van der Waals surface area contributed by atoms with Crippen LogP contribution in [0.25, 0.3) is 6.08 Å². The number of hydrogen-bond acceptors (Lipinski definition) is 3. The van der Waals surface area contributed by atoms with Gasteiger partial charge in [-0.05, 0) is 90.3 Å². The number of aliphatic hydroxyl groups excluding tert-OH is 1. The number of ketones is 1. The van der Waals surface area contributed by atoms with Crippen LogP contribution < -0.4 is 0 Å². The van der Waals surface area contributed by atoms with E-state index in [0.717, 1.165) is 30.4 Å². The third kappa shape index (κ3) is 5.34. The Labute approximate surface area is 192 Å². The molecule has 2 aromatic rings. The van der Waals surface area contributed by atoms with E-state index in [-0.39, 0.29) is 22.7 Å². The molecule has 1 aromatic carbocycles. The highest BCUT2D eigenvalue weighted by Crippen LogP contribution is 2.47. The minimum absolute atomic E-state index is 0.140. The van der Waals surface area contributed by atoms with E-state index in [4.69, 9.17) is 5.11 Å². The Morgan fingerprint density at radius 1 is 1.25 bits per heavy atom. The van der Waals surface area contributed by atoms with Gasteiger partial charge in [0.1, 0.15) is 4.88 Å². The second-order valence-corrected chi connectivity index (χ2v) is 10.4. The van der Waals surface area contributed by atoms with Crippen molar-refractivity contribution in [2.75, 3.05) is 6.61 Å². The van der Waals surface area contributed by atoms with Crippen LogP contribution in [0.1, 0.15) is 81.5 Å². The summed E-state index contributed by atoms with van der Waals surface area (Å²) < 4.78 is 41.0.